The molecule has 0 spiro atoms. The lowest BCUT2D eigenvalue weighted by atomic mass is 10.1. The Morgan fingerprint density at radius 2 is 1.94 bits per heavy atom. The first-order valence-corrected chi connectivity index (χ1v) is 6.76. The van der Waals surface area contributed by atoms with E-state index in [0.717, 1.165) is 11.3 Å². The van der Waals surface area contributed by atoms with Crippen LogP contribution in [0, 0.1) is 5.82 Å². The number of thioether (sulfide) groups is 1. The van der Waals surface area contributed by atoms with Crippen LogP contribution in [0.5, 0.6) is 0 Å². The van der Waals surface area contributed by atoms with Crippen molar-refractivity contribution < 1.29 is 4.39 Å². The average molecular weight is 241 g/mol. The predicted molar refractivity (Wildman–Crippen MR) is 70.4 cm³/mol. The molecule has 1 rings (SSSR count). The summed E-state index contributed by atoms with van der Waals surface area (Å²) in [6.45, 7) is 4.44. The first-order chi connectivity index (χ1) is 7.67. The molecular formula is C13H20FNS. The summed E-state index contributed by atoms with van der Waals surface area (Å²) in [5.41, 5.74) is 1.15. The van der Waals surface area contributed by atoms with Gasteiger partial charge in [-0.05, 0) is 31.2 Å². The SMILES string of the molecule is CCC(C)SCC(NC)c1ccc(F)cc1. The molecule has 0 aromatic heterocycles. The Balaban J connectivity index is 2.57. The van der Waals surface area contributed by atoms with Crippen molar-refractivity contribution in [2.24, 2.45) is 0 Å². The van der Waals surface area contributed by atoms with Gasteiger partial charge in [0.2, 0.25) is 0 Å². The Bertz CT molecular complexity index is 299. The Morgan fingerprint density at radius 3 is 2.44 bits per heavy atom. The molecule has 0 fully saturated rings. The minimum atomic E-state index is -0.173. The quantitative estimate of drug-likeness (QED) is 0.816. The monoisotopic (exact) mass is 241 g/mol. The van der Waals surface area contributed by atoms with Gasteiger partial charge in [-0.25, -0.2) is 4.39 Å². The van der Waals surface area contributed by atoms with E-state index in [1.165, 1.54) is 18.6 Å². The summed E-state index contributed by atoms with van der Waals surface area (Å²) < 4.78 is 12.8. The average Bonchev–Trinajstić information content (AvgIpc) is 2.31. The van der Waals surface area contributed by atoms with Gasteiger partial charge < -0.3 is 5.32 Å². The zero-order valence-corrected chi connectivity index (χ0v) is 11.0. The molecule has 0 saturated heterocycles. The van der Waals surface area contributed by atoms with Gasteiger partial charge in [-0.1, -0.05) is 26.0 Å². The van der Waals surface area contributed by atoms with Crippen molar-refractivity contribution in [3.8, 4) is 0 Å². The van der Waals surface area contributed by atoms with Gasteiger partial charge in [0.25, 0.3) is 0 Å². The lowest BCUT2D eigenvalue weighted by Crippen LogP contribution is -2.19. The molecule has 3 heteroatoms. The zero-order valence-electron chi connectivity index (χ0n) is 10.2. The van der Waals surface area contributed by atoms with Gasteiger partial charge in [0.1, 0.15) is 5.82 Å². The molecular weight excluding hydrogens is 221 g/mol. The molecule has 0 aliphatic rings. The van der Waals surface area contributed by atoms with Crippen LogP contribution in [0.3, 0.4) is 0 Å². The van der Waals surface area contributed by atoms with Gasteiger partial charge in [-0.15, -0.1) is 0 Å². The molecule has 1 aromatic rings. The minimum absolute atomic E-state index is 0.173. The van der Waals surface area contributed by atoms with E-state index in [1.807, 2.05) is 30.9 Å². The number of benzene rings is 1. The summed E-state index contributed by atoms with van der Waals surface area (Å²) in [6.07, 6.45) is 1.19. The molecule has 90 valence electrons. The van der Waals surface area contributed by atoms with Gasteiger partial charge >= 0.3 is 0 Å². The minimum Gasteiger partial charge on any atom is -0.312 e. The molecule has 2 atom stereocenters. The van der Waals surface area contributed by atoms with E-state index >= 15 is 0 Å². The topological polar surface area (TPSA) is 12.0 Å². The maximum absolute atomic E-state index is 12.8. The van der Waals surface area contributed by atoms with E-state index in [2.05, 4.69) is 19.2 Å². The molecule has 1 nitrogen and oxygen atoms in total. The fourth-order valence-electron chi connectivity index (χ4n) is 1.42. The van der Waals surface area contributed by atoms with Crippen molar-refractivity contribution in [2.75, 3.05) is 12.8 Å². The van der Waals surface area contributed by atoms with Crippen molar-refractivity contribution in [2.45, 2.75) is 31.6 Å². The third-order valence-electron chi connectivity index (χ3n) is 2.74. The second kappa shape index (κ2) is 6.92. The maximum Gasteiger partial charge on any atom is 0.123 e. The molecule has 1 aromatic carbocycles. The number of hydrogen-bond acceptors (Lipinski definition) is 2. The number of nitrogens with one attached hydrogen (secondary N) is 1. The molecule has 16 heavy (non-hydrogen) atoms. The third-order valence-corrected chi connectivity index (χ3v) is 4.17. The maximum atomic E-state index is 12.8. The Morgan fingerprint density at radius 1 is 1.31 bits per heavy atom. The standard InChI is InChI=1S/C13H20FNS/c1-4-10(2)16-9-13(15-3)11-5-7-12(14)8-6-11/h5-8,10,13,15H,4,9H2,1-3H3. The van der Waals surface area contributed by atoms with Gasteiger partial charge in [-0.3, -0.25) is 0 Å². The van der Waals surface area contributed by atoms with E-state index in [1.54, 1.807) is 0 Å². The van der Waals surface area contributed by atoms with Crippen molar-refractivity contribution in [3.63, 3.8) is 0 Å². The van der Waals surface area contributed by atoms with E-state index in [-0.39, 0.29) is 5.82 Å². The summed E-state index contributed by atoms with van der Waals surface area (Å²) in [4.78, 5) is 0. The molecule has 1 N–H and O–H groups in total. The Hall–Kier alpha value is -0.540. The van der Waals surface area contributed by atoms with Crippen molar-refractivity contribution >= 4 is 11.8 Å². The Kier molecular flexibility index (Phi) is 5.85. The lowest BCUT2D eigenvalue weighted by molar-refractivity contribution is 0.620. The number of halogens is 1. The second-order valence-electron chi connectivity index (χ2n) is 3.95. The highest BCUT2D eigenvalue weighted by Gasteiger charge is 2.10. The lowest BCUT2D eigenvalue weighted by Gasteiger charge is -2.18. The molecule has 0 saturated carbocycles. The number of hydrogen-bond donors (Lipinski definition) is 1. The molecule has 0 bridgehead atoms. The number of rotatable bonds is 6. The summed E-state index contributed by atoms with van der Waals surface area (Å²) in [6, 6.07) is 7.06. The molecule has 0 aliphatic heterocycles. The van der Waals surface area contributed by atoms with Crippen LogP contribution < -0.4 is 5.32 Å². The van der Waals surface area contributed by atoms with Gasteiger partial charge in [0.05, 0.1) is 0 Å². The summed E-state index contributed by atoms with van der Waals surface area (Å²) >= 11 is 1.95. The van der Waals surface area contributed by atoms with Crippen LogP contribution in [0.2, 0.25) is 0 Å². The second-order valence-corrected chi connectivity index (χ2v) is 5.42. The first kappa shape index (κ1) is 13.5. The van der Waals surface area contributed by atoms with Crippen LogP contribution in [0.4, 0.5) is 4.39 Å². The van der Waals surface area contributed by atoms with E-state index in [9.17, 15) is 4.39 Å². The Labute approximate surface area is 102 Å². The fraction of sp³-hybridized carbons (Fsp3) is 0.538. The molecule has 0 amide bonds. The van der Waals surface area contributed by atoms with E-state index in [4.69, 9.17) is 0 Å². The largest absolute Gasteiger partial charge is 0.312 e. The van der Waals surface area contributed by atoms with Gasteiger partial charge in [-0.2, -0.15) is 11.8 Å². The summed E-state index contributed by atoms with van der Waals surface area (Å²) in [5, 5.41) is 3.95. The predicted octanol–water partition coefficient (Wildman–Crippen LogP) is 3.62. The fourth-order valence-corrected chi connectivity index (χ4v) is 2.54. The first-order valence-electron chi connectivity index (χ1n) is 5.71. The van der Waals surface area contributed by atoms with Crippen LogP contribution >= 0.6 is 11.8 Å². The molecule has 0 aliphatic carbocycles. The van der Waals surface area contributed by atoms with Crippen molar-refractivity contribution in [1.29, 1.82) is 0 Å². The molecule has 0 heterocycles. The van der Waals surface area contributed by atoms with E-state index in [0.29, 0.717) is 11.3 Å². The normalized spacial score (nSPS) is 14.8. The van der Waals surface area contributed by atoms with Crippen LogP contribution in [-0.2, 0) is 0 Å². The van der Waals surface area contributed by atoms with Gasteiger partial charge in [0, 0.05) is 17.0 Å². The third kappa shape index (κ3) is 4.14. The van der Waals surface area contributed by atoms with Gasteiger partial charge in [0.15, 0.2) is 0 Å². The van der Waals surface area contributed by atoms with Crippen molar-refractivity contribution in [3.05, 3.63) is 35.6 Å². The van der Waals surface area contributed by atoms with Crippen LogP contribution in [0.1, 0.15) is 31.9 Å². The molecule has 2 unspecified atom stereocenters. The van der Waals surface area contributed by atoms with Crippen LogP contribution in [0.15, 0.2) is 24.3 Å². The van der Waals surface area contributed by atoms with Crippen molar-refractivity contribution in [1.82, 2.24) is 5.32 Å². The smallest absolute Gasteiger partial charge is 0.123 e. The van der Waals surface area contributed by atoms with Crippen LogP contribution in [0.25, 0.3) is 0 Å². The highest BCUT2D eigenvalue weighted by atomic mass is 32.2. The molecule has 0 radical (unpaired) electrons. The highest BCUT2D eigenvalue weighted by Crippen LogP contribution is 2.22. The summed E-state index contributed by atoms with van der Waals surface area (Å²) in [7, 11) is 1.95. The zero-order chi connectivity index (χ0) is 12.0. The van der Waals surface area contributed by atoms with Crippen LogP contribution in [-0.4, -0.2) is 18.1 Å². The highest BCUT2D eigenvalue weighted by molar-refractivity contribution is 7.99. The summed E-state index contributed by atoms with van der Waals surface area (Å²) in [5.74, 6) is 0.852. The van der Waals surface area contributed by atoms with E-state index < -0.39 is 0 Å².